The third-order valence-corrected chi connectivity index (χ3v) is 2.88. The molecule has 0 spiro atoms. The summed E-state index contributed by atoms with van der Waals surface area (Å²) >= 11 is 8.26. The summed E-state index contributed by atoms with van der Waals surface area (Å²) < 4.78 is 6.07. The lowest BCUT2D eigenvalue weighted by Gasteiger charge is -2.25. The van der Waals surface area contributed by atoms with E-state index < -0.39 is 5.62 Å². The lowest BCUT2D eigenvalue weighted by atomic mass is 10.4. The van der Waals surface area contributed by atoms with Crippen molar-refractivity contribution in [2.45, 2.75) is 5.62 Å². The summed E-state index contributed by atoms with van der Waals surface area (Å²) in [7, 11) is 1.58. The van der Waals surface area contributed by atoms with Gasteiger partial charge in [0.1, 0.15) is 5.82 Å². The fourth-order valence-electron chi connectivity index (χ4n) is 1.27. The number of hydrogen-bond acceptors (Lipinski definition) is 4. The van der Waals surface area contributed by atoms with Crippen molar-refractivity contribution in [2.24, 2.45) is 4.99 Å². The van der Waals surface area contributed by atoms with Crippen LogP contribution in [0.1, 0.15) is 0 Å². The van der Waals surface area contributed by atoms with Crippen LogP contribution in [0.5, 0.6) is 5.88 Å². The predicted octanol–water partition coefficient (Wildman–Crippen LogP) is 2.78. The van der Waals surface area contributed by atoms with Crippen LogP contribution in [0.25, 0.3) is 0 Å². The molecule has 6 heteroatoms. The maximum absolute atomic E-state index is 6.08. The molecular formula is C10H9ClIN3O. The van der Waals surface area contributed by atoms with E-state index in [2.05, 4.69) is 32.6 Å². The molecule has 0 radical (unpaired) electrons. The Hall–Kier alpha value is -0.820. The minimum Gasteiger partial charge on any atom is -0.481 e. The number of nitrogens with zero attached hydrogens (tertiary/aromatic N) is 3. The van der Waals surface area contributed by atoms with Crippen molar-refractivity contribution in [2.75, 3.05) is 12.0 Å². The SMILES string of the molecule is COc1cccc(N2C=C(I)C=NC2Cl)n1. The molecular weight excluding hydrogens is 340 g/mol. The molecule has 2 heterocycles. The Bertz CT molecular complexity index is 449. The van der Waals surface area contributed by atoms with Gasteiger partial charge in [-0.25, -0.2) is 0 Å². The van der Waals surface area contributed by atoms with Gasteiger partial charge in [-0.05, 0) is 28.7 Å². The molecule has 0 amide bonds. The summed E-state index contributed by atoms with van der Waals surface area (Å²) in [5, 5.41) is 0. The first-order valence-corrected chi connectivity index (χ1v) is 6.06. The number of aromatic nitrogens is 1. The number of rotatable bonds is 2. The number of aliphatic imine (C=N–C) groups is 1. The zero-order chi connectivity index (χ0) is 11.5. The number of methoxy groups -OCH3 is 1. The first-order chi connectivity index (χ1) is 7.70. The van der Waals surface area contributed by atoms with E-state index in [-0.39, 0.29) is 0 Å². The highest BCUT2D eigenvalue weighted by Crippen LogP contribution is 2.25. The fourth-order valence-corrected chi connectivity index (χ4v) is 1.94. The van der Waals surface area contributed by atoms with Crippen LogP contribution in [0, 0.1) is 0 Å². The number of ether oxygens (including phenoxy) is 1. The van der Waals surface area contributed by atoms with Crippen LogP contribution in [-0.2, 0) is 0 Å². The molecule has 0 aliphatic carbocycles. The van der Waals surface area contributed by atoms with Crippen molar-refractivity contribution in [3.8, 4) is 5.88 Å². The Balaban J connectivity index is 2.32. The largest absolute Gasteiger partial charge is 0.481 e. The molecule has 0 aromatic carbocycles. The first kappa shape index (κ1) is 11.7. The average molecular weight is 350 g/mol. The molecule has 0 saturated carbocycles. The summed E-state index contributed by atoms with van der Waals surface area (Å²) in [5.74, 6) is 1.27. The number of anilines is 1. The van der Waals surface area contributed by atoms with Gasteiger partial charge in [0.15, 0.2) is 0 Å². The van der Waals surface area contributed by atoms with Crippen LogP contribution >= 0.6 is 34.2 Å². The number of pyridine rings is 1. The van der Waals surface area contributed by atoms with E-state index >= 15 is 0 Å². The zero-order valence-corrected chi connectivity index (χ0v) is 11.4. The summed E-state index contributed by atoms with van der Waals surface area (Å²) in [6.45, 7) is 0. The van der Waals surface area contributed by atoms with Crippen LogP contribution in [0.2, 0.25) is 0 Å². The van der Waals surface area contributed by atoms with E-state index in [0.717, 1.165) is 3.58 Å². The smallest absolute Gasteiger partial charge is 0.214 e. The van der Waals surface area contributed by atoms with Crippen LogP contribution in [-0.4, -0.2) is 23.9 Å². The third-order valence-electron chi connectivity index (χ3n) is 2.00. The van der Waals surface area contributed by atoms with Gasteiger partial charge in [0.05, 0.1) is 7.11 Å². The van der Waals surface area contributed by atoms with Gasteiger partial charge in [-0.2, -0.15) is 4.98 Å². The summed E-state index contributed by atoms with van der Waals surface area (Å²) in [4.78, 5) is 10.2. The van der Waals surface area contributed by atoms with Crippen molar-refractivity contribution >= 4 is 46.2 Å². The minimum absolute atomic E-state index is 0.460. The van der Waals surface area contributed by atoms with Crippen molar-refractivity contribution in [3.63, 3.8) is 0 Å². The molecule has 4 nitrogen and oxygen atoms in total. The topological polar surface area (TPSA) is 37.7 Å². The molecule has 0 bridgehead atoms. The summed E-state index contributed by atoms with van der Waals surface area (Å²) in [6.07, 6.45) is 3.63. The van der Waals surface area contributed by atoms with E-state index in [1.165, 1.54) is 0 Å². The fraction of sp³-hybridized carbons (Fsp3) is 0.200. The second-order valence-electron chi connectivity index (χ2n) is 3.05. The molecule has 0 saturated heterocycles. The second kappa shape index (κ2) is 5.01. The van der Waals surface area contributed by atoms with E-state index in [4.69, 9.17) is 16.3 Å². The molecule has 84 valence electrons. The molecule has 2 rings (SSSR count). The molecule has 1 aliphatic heterocycles. The second-order valence-corrected chi connectivity index (χ2v) is 4.68. The standard InChI is InChI=1S/C10H9ClIN3O/c1-16-9-4-2-3-8(14-9)15-6-7(12)5-13-10(15)11/h2-6,10H,1H3. The van der Waals surface area contributed by atoms with Crippen molar-refractivity contribution in [1.82, 2.24) is 4.98 Å². The summed E-state index contributed by atoms with van der Waals surface area (Å²) in [6, 6.07) is 5.51. The molecule has 1 atom stereocenters. The van der Waals surface area contributed by atoms with Crippen LogP contribution in [0.3, 0.4) is 0 Å². The highest BCUT2D eigenvalue weighted by molar-refractivity contribution is 14.1. The van der Waals surface area contributed by atoms with Gasteiger partial charge in [0.25, 0.3) is 0 Å². The Morgan fingerprint density at radius 3 is 3.06 bits per heavy atom. The molecule has 1 aliphatic rings. The van der Waals surface area contributed by atoms with Crippen molar-refractivity contribution in [3.05, 3.63) is 28.0 Å². The van der Waals surface area contributed by atoms with Gasteiger partial charge < -0.3 is 4.74 Å². The molecule has 0 fully saturated rings. The maximum atomic E-state index is 6.08. The molecule has 1 aromatic rings. The van der Waals surface area contributed by atoms with Gasteiger partial charge >= 0.3 is 0 Å². The molecule has 16 heavy (non-hydrogen) atoms. The highest BCUT2D eigenvalue weighted by atomic mass is 127. The monoisotopic (exact) mass is 349 g/mol. The lowest BCUT2D eigenvalue weighted by molar-refractivity contribution is 0.398. The maximum Gasteiger partial charge on any atom is 0.214 e. The van der Waals surface area contributed by atoms with Crippen molar-refractivity contribution in [1.29, 1.82) is 0 Å². The normalized spacial score (nSPS) is 19.6. The van der Waals surface area contributed by atoms with E-state index in [9.17, 15) is 0 Å². The quantitative estimate of drug-likeness (QED) is 0.468. The minimum atomic E-state index is -0.460. The van der Waals surface area contributed by atoms with E-state index in [1.807, 2.05) is 18.3 Å². The van der Waals surface area contributed by atoms with Gasteiger partial charge in [-0.15, -0.1) is 0 Å². The lowest BCUT2D eigenvalue weighted by Crippen LogP contribution is -2.27. The van der Waals surface area contributed by atoms with Crippen LogP contribution < -0.4 is 9.64 Å². The summed E-state index contributed by atoms with van der Waals surface area (Å²) in [5.41, 5.74) is -0.460. The zero-order valence-electron chi connectivity index (χ0n) is 8.47. The van der Waals surface area contributed by atoms with E-state index in [1.54, 1.807) is 24.3 Å². The average Bonchev–Trinajstić information content (AvgIpc) is 2.32. The van der Waals surface area contributed by atoms with Gasteiger partial charge in [0, 0.05) is 22.1 Å². The van der Waals surface area contributed by atoms with Gasteiger partial charge in [-0.3, -0.25) is 9.89 Å². The Kier molecular flexibility index (Phi) is 3.65. The molecule has 1 unspecified atom stereocenters. The van der Waals surface area contributed by atoms with Crippen molar-refractivity contribution < 1.29 is 4.74 Å². The Morgan fingerprint density at radius 2 is 2.31 bits per heavy atom. The first-order valence-electron chi connectivity index (χ1n) is 4.54. The number of alkyl halides is 1. The molecule has 0 N–H and O–H groups in total. The van der Waals surface area contributed by atoms with Gasteiger partial charge in [0.2, 0.25) is 11.5 Å². The van der Waals surface area contributed by atoms with Crippen LogP contribution in [0.4, 0.5) is 5.82 Å². The Labute approximate surface area is 112 Å². The third kappa shape index (κ3) is 2.46. The van der Waals surface area contributed by atoms with Crippen LogP contribution in [0.15, 0.2) is 33.0 Å². The number of halogens is 2. The van der Waals surface area contributed by atoms with E-state index in [0.29, 0.717) is 11.7 Å². The Morgan fingerprint density at radius 1 is 1.50 bits per heavy atom. The number of hydrogen-bond donors (Lipinski definition) is 0. The highest BCUT2D eigenvalue weighted by Gasteiger charge is 2.18. The van der Waals surface area contributed by atoms with Gasteiger partial charge in [-0.1, -0.05) is 17.7 Å². The predicted molar refractivity (Wildman–Crippen MR) is 73.5 cm³/mol. The molecule has 1 aromatic heterocycles. The number of allylic oxidation sites excluding steroid dienone is 1.